The van der Waals surface area contributed by atoms with Crippen LogP contribution in [0.2, 0.25) is 0 Å². The zero-order valence-corrected chi connectivity index (χ0v) is 33.7. The standard InChI is InChI=1S/C55H35N4OP/c60-61(43-19-8-3-9-20-43)50-23-13-12-22-45(50)46-34-49-47(35-51(46)61)52-44-21-11-10-18-40(44)32-33-48(52)59(49)55-57-53(41-28-24-38(25-29-41)36-14-4-1-5-15-36)56-54(58-55)42-30-26-39(27-31-42)37-16-6-2-7-17-37/h1-35H. The Balaban J connectivity index is 1.13. The second kappa shape index (κ2) is 13.9. The van der Waals surface area contributed by atoms with Crippen molar-refractivity contribution < 1.29 is 4.57 Å². The minimum atomic E-state index is -3.21. The summed E-state index contributed by atoms with van der Waals surface area (Å²) in [7, 11) is -3.21. The summed E-state index contributed by atoms with van der Waals surface area (Å²) in [5, 5.41) is 6.85. The molecule has 11 aromatic rings. The minimum Gasteiger partial charge on any atom is -0.309 e. The summed E-state index contributed by atoms with van der Waals surface area (Å²) < 4.78 is 17.9. The highest BCUT2D eigenvalue weighted by Crippen LogP contribution is 2.53. The van der Waals surface area contributed by atoms with E-state index in [1.807, 2.05) is 60.7 Å². The van der Waals surface area contributed by atoms with Crippen LogP contribution >= 0.6 is 7.14 Å². The van der Waals surface area contributed by atoms with Crippen molar-refractivity contribution in [2.45, 2.75) is 0 Å². The number of rotatable bonds is 6. The van der Waals surface area contributed by atoms with E-state index in [9.17, 15) is 0 Å². The van der Waals surface area contributed by atoms with Crippen LogP contribution in [0.15, 0.2) is 212 Å². The highest BCUT2D eigenvalue weighted by molar-refractivity contribution is 7.86. The number of nitrogens with zero attached hydrogens (tertiary/aromatic N) is 4. The number of hydrogen-bond donors (Lipinski definition) is 0. The Morgan fingerprint density at radius 1 is 0.377 bits per heavy atom. The van der Waals surface area contributed by atoms with Crippen LogP contribution in [0, 0.1) is 0 Å². The fourth-order valence-corrected chi connectivity index (χ4v) is 12.2. The third-order valence-electron chi connectivity index (χ3n) is 12.1. The first-order chi connectivity index (χ1) is 30.1. The largest absolute Gasteiger partial charge is 0.309 e. The van der Waals surface area contributed by atoms with Gasteiger partial charge in [-0.1, -0.05) is 194 Å². The molecule has 0 radical (unpaired) electrons. The van der Waals surface area contributed by atoms with Gasteiger partial charge in [0.2, 0.25) is 5.95 Å². The van der Waals surface area contributed by atoms with Gasteiger partial charge in [0.25, 0.3) is 0 Å². The topological polar surface area (TPSA) is 60.7 Å². The Hall–Kier alpha value is -7.72. The Morgan fingerprint density at radius 3 is 1.54 bits per heavy atom. The van der Waals surface area contributed by atoms with Crippen LogP contribution in [0.25, 0.3) is 94.7 Å². The van der Waals surface area contributed by atoms with Crippen molar-refractivity contribution in [2.75, 3.05) is 0 Å². The SMILES string of the molecule is O=P1(c2ccccc2)c2ccccc2-c2cc3c(cc21)c1c2ccccc2ccc1n3-c1nc(-c2ccc(-c3ccccc3)cc2)nc(-c2ccc(-c3ccccc3)cc2)n1. The normalized spacial score (nSPS) is 14.4. The summed E-state index contributed by atoms with van der Waals surface area (Å²) >= 11 is 0. The summed E-state index contributed by atoms with van der Waals surface area (Å²) in [6, 6.07) is 73.0. The molecule has 9 aromatic carbocycles. The summed E-state index contributed by atoms with van der Waals surface area (Å²) in [4.78, 5) is 15.8. The zero-order valence-electron chi connectivity index (χ0n) is 32.9. The van der Waals surface area contributed by atoms with Crippen molar-refractivity contribution in [3.8, 4) is 62.1 Å². The molecule has 2 aromatic heterocycles. The lowest BCUT2D eigenvalue weighted by atomic mass is 10.0. The van der Waals surface area contributed by atoms with E-state index in [0.29, 0.717) is 17.6 Å². The molecular formula is C55H35N4OP. The molecule has 0 fully saturated rings. The fraction of sp³-hybridized carbons (Fsp3) is 0. The third kappa shape index (κ3) is 5.63. The Bertz CT molecular complexity index is 3430. The van der Waals surface area contributed by atoms with Gasteiger partial charge in [0.05, 0.1) is 11.0 Å². The van der Waals surface area contributed by atoms with Gasteiger partial charge in [-0.15, -0.1) is 0 Å². The monoisotopic (exact) mass is 798 g/mol. The van der Waals surface area contributed by atoms with Gasteiger partial charge < -0.3 is 4.57 Å². The molecule has 12 rings (SSSR count). The molecule has 0 saturated heterocycles. The highest BCUT2D eigenvalue weighted by Gasteiger charge is 2.41. The number of aromatic nitrogens is 4. The van der Waals surface area contributed by atoms with Gasteiger partial charge in [-0.2, -0.15) is 9.97 Å². The molecule has 0 N–H and O–H groups in total. The predicted molar refractivity (Wildman–Crippen MR) is 252 cm³/mol. The molecule has 0 spiro atoms. The van der Waals surface area contributed by atoms with Crippen molar-refractivity contribution in [2.24, 2.45) is 0 Å². The van der Waals surface area contributed by atoms with Crippen LogP contribution < -0.4 is 15.9 Å². The maximum atomic E-state index is 15.8. The van der Waals surface area contributed by atoms with Crippen molar-refractivity contribution in [3.63, 3.8) is 0 Å². The molecule has 3 heterocycles. The van der Waals surface area contributed by atoms with Crippen LogP contribution in [-0.2, 0) is 4.57 Å². The van der Waals surface area contributed by atoms with Gasteiger partial charge in [-0.3, -0.25) is 4.57 Å². The number of benzene rings is 9. The highest BCUT2D eigenvalue weighted by atomic mass is 31.2. The fourth-order valence-electron chi connectivity index (χ4n) is 9.14. The number of fused-ring (bicyclic) bond motifs is 8. The second-order valence-electron chi connectivity index (χ2n) is 15.5. The van der Waals surface area contributed by atoms with Crippen molar-refractivity contribution in [1.29, 1.82) is 0 Å². The molecule has 1 aliphatic heterocycles. The van der Waals surface area contributed by atoms with Crippen LogP contribution in [0.1, 0.15) is 0 Å². The summed E-state index contributed by atoms with van der Waals surface area (Å²) in [6.07, 6.45) is 0. The van der Waals surface area contributed by atoms with E-state index < -0.39 is 7.14 Å². The molecule has 6 heteroatoms. The van der Waals surface area contributed by atoms with E-state index in [2.05, 4.69) is 156 Å². The van der Waals surface area contributed by atoms with Crippen LogP contribution in [0.5, 0.6) is 0 Å². The quantitative estimate of drug-likeness (QED) is 0.157. The summed E-state index contributed by atoms with van der Waals surface area (Å²) in [5.74, 6) is 1.65. The molecule has 0 amide bonds. The first-order valence-corrected chi connectivity index (χ1v) is 22.2. The van der Waals surface area contributed by atoms with Gasteiger partial charge in [0.15, 0.2) is 18.8 Å². The van der Waals surface area contributed by atoms with Crippen LogP contribution in [-0.4, -0.2) is 19.5 Å². The summed E-state index contributed by atoms with van der Waals surface area (Å²) in [5.41, 5.74) is 10.1. The molecule has 286 valence electrons. The molecular weight excluding hydrogens is 764 g/mol. The minimum absolute atomic E-state index is 0.507. The number of hydrogen-bond acceptors (Lipinski definition) is 4. The molecule has 1 atom stereocenters. The first kappa shape index (κ1) is 35.2. The van der Waals surface area contributed by atoms with E-state index in [-0.39, 0.29) is 0 Å². The van der Waals surface area contributed by atoms with Gasteiger partial charge >= 0.3 is 0 Å². The van der Waals surface area contributed by atoms with Gasteiger partial charge in [0, 0.05) is 37.8 Å². The van der Waals surface area contributed by atoms with E-state index in [1.165, 1.54) is 0 Å². The molecule has 0 aliphatic carbocycles. The maximum absolute atomic E-state index is 15.8. The smallest absolute Gasteiger partial charge is 0.238 e. The van der Waals surface area contributed by atoms with Crippen molar-refractivity contribution >= 4 is 55.6 Å². The zero-order chi connectivity index (χ0) is 40.5. The maximum Gasteiger partial charge on any atom is 0.238 e. The Labute approximate surface area is 352 Å². The van der Waals surface area contributed by atoms with Crippen molar-refractivity contribution in [3.05, 3.63) is 212 Å². The van der Waals surface area contributed by atoms with E-state index >= 15 is 4.57 Å². The van der Waals surface area contributed by atoms with E-state index in [1.54, 1.807) is 0 Å². The van der Waals surface area contributed by atoms with Crippen LogP contribution in [0.4, 0.5) is 0 Å². The van der Waals surface area contributed by atoms with E-state index in [0.717, 1.165) is 93.0 Å². The molecule has 1 unspecified atom stereocenters. The molecule has 1 aliphatic rings. The lowest BCUT2D eigenvalue weighted by Gasteiger charge is -2.16. The summed E-state index contributed by atoms with van der Waals surface area (Å²) in [6.45, 7) is 0. The van der Waals surface area contributed by atoms with Crippen LogP contribution in [0.3, 0.4) is 0 Å². The van der Waals surface area contributed by atoms with Gasteiger partial charge in [-0.05, 0) is 62.4 Å². The van der Waals surface area contributed by atoms with E-state index in [4.69, 9.17) is 15.0 Å². The average molecular weight is 799 g/mol. The predicted octanol–water partition coefficient (Wildman–Crippen LogP) is 12.4. The molecule has 5 nitrogen and oxygen atoms in total. The molecule has 0 saturated carbocycles. The Kier molecular flexibility index (Phi) is 8.06. The first-order valence-electron chi connectivity index (χ1n) is 20.5. The lowest BCUT2D eigenvalue weighted by molar-refractivity contribution is 0.593. The average Bonchev–Trinajstić information content (AvgIpc) is 3.81. The van der Waals surface area contributed by atoms with Gasteiger partial charge in [0.1, 0.15) is 0 Å². The molecule has 61 heavy (non-hydrogen) atoms. The van der Waals surface area contributed by atoms with Gasteiger partial charge in [-0.25, -0.2) is 4.98 Å². The third-order valence-corrected chi connectivity index (χ3v) is 15.2. The lowest BCUT2D eigenvalue weighted by Crippen LogP contribution is -2.20. The second-order valence-corrected chi connectivity index (χ2v) is 18.2. The molecule has 0 bridgehead atoms. The van der Waals surface area contributed by atoms with Crippen molar-refractivity contribution in [1.82, 2.24) is 19.5 Å². The Morgan fingerprint density at radius 2 is 0.902 bits per heavy atom.